The van der Waals surface area contributed by atoms with Crippen molar-refractivity contribution in [3.63, 3.8) is 0 Å². The third kappa shape index (κ3) is 4.38. The van der Waals surface area contributed by atoms with E-state index in [1.807, 2.05) is 0 Å². The third-order valence-corrected chi connectivity index (χ3v) is 4.10. The van der Waals surface area contributed by atoms with Gasteiger partial charge in [-0.05, 0) is 18.2 Å². The van der Waals surface area contributed by atoms with Gasteiger partial charge in [-0.15, -0.1) is 0 Å². The number of ether oxygens (including phenoxy) is 1. The molecule has 100 valence electrons. The lowest BCUT2D eigenvalue weighted by molar-refractivity contribution is -0.144. The van der Waals surface area contributed by atoms with Crippen LogP contribution in [0.5, 0.6) is 0 Å². The highest BCUT2D eigenvalue weighted by atomic mass is 35.5. The molecular weight excluding hydrogens is 279 g/mol. The summed E-state index contributed by atoms with van der Waals surface area (Å²) in [6, 6.07) is 4.11. The number of methoxy groups -OCH3 is 1. The molecule has 1 aromatic carbocycles. The molecule has 0 aliphatic heterocycles. The molecule has 0 heterocycles. The summed E-state index contributed by atoms with van der Waals surface area (Å²) in [7, 11) is -0.0651. The molecule has 0 saturated carbocycles. The Labute approximate surface area is 113 Å². The van der Waals surface area contributed by atoms with Crippen molar-refractivity contribution in [3.8, 4) is 0 Å². The fraction of sp³-hybridized carbons (Fsp3) is 0.417. The van der Waals surface area contributed by atoms with Gasteiger partial charge in [-0.25, -0.2) is 4.39 Å². The first kappa shape index (κ1) is 15.1. The predicted octanol–water partition coefficient (Wildman–Crippen LogP) is 2.54. The van der Waals surface area contributed by atoms with Crippen LogP contribution in [-0.4, -0.2) is 23.0 Å². The zero-order chi connectivity index (χ0) is 13.7. The number of hydrogen-bond acceptors (Lipinski definition) is 3. The van der Waals surface area contributed by atoms with Crippen molar-refractivity contribution in [1.82, 2.24) is 0 Å². The Kier molecular flexibility index (Phi) is 5.75. The Morgan fingerprint density at radius 1 is 1.56 bits per heavy atom. The minimum Gasteiger partial charge on any atom is -0.469 e. The summed E-state index contributed by atoms with van der Waals surface area (Å²) >= 11 is 5.74. The van der Waals surface area contributed by atoms with Gasteiger partial charge < -0.3 is 4.74 Å². The zero-order valence-corrected chi connectivity index (χ0v) is 11.7. The van der Waals surface area contributed by atoms with Crippen LogP contribution in [0.25, 0.3) is 0 Å². The van der Waals surface area contributed by atoms with Gasteiger partial charge in [0, 0.05) is 27.1 Å². The summed E-state index contributed by atoms with van der Waals surface area (Å²) in [4.78, 5) is 11.2. The van der Waals surface area contributed by atoms with Gasteiger partial charge in [-0.1, -0.05) is 18.5 Å². The molecule has 0 spiro atoms. The van der Waals surface area contributed by atoms with E-state index >= 15 is 0 Å². The van der Waals surface area contributed by atoms with E-state index in [4.69, 9.17) is 11.6 Å². The van der Waals surface area contributed by atoms with Crippen LogP contribution in [-0.2, 0) is 26.1 Å². The third-order valence-electron chi connectivity index (χ3n) is 2.36. The number of halogens is 2. The Morgan fingerprint density at radius 3 is 2.83 bits per heavy atom. The molecule has 0 aliphatic rings. The molecular formula is C12H14ClFO3S. The fourth-order valence-corrected chi connectivity index (χ4v) is 3.01. The van der Waals surface area contributed by atoms with E-state index in [0.717, 1.165) is 0 Å². The van der Waals surface area contributed by atoms with Crippen molar-refractivity contribution in [3.05, 3.63) is 34.6 Å². The molecule has 1 aromatic rings. The van der Waals surface area contributed by atoms with Crippen molar-refractivity contribution in [2.45, 2.75) is 12.7 Å². The van der Waals surface area contributed by atoms with Crippen molar-refractivity contribution in [2.24, 2.45) is 5.92 Å². The van der Waals surface area contributed by atoms with Crippen LogP contribution < -0.4 is 0 Å². The maximum absolute atomic E-state index is 13.4. The topological polar surface area (TPSA) is 43.4 Å². The highest BCUT2D eigenvalue weighted by molar-refractivity contribution is 7.84. The smallest absolute Gasteiger partial charge is 0.309 e. The summed E-state index contributed by atoms with van der Waals surface area (Å²) in [6.45, 7) is 1.62. The molecule has 0 amide bonds. The van der Waals surface area contributed by atoms with Crippen molar-refractivity contribution >= 4 is 28.4 Å². The summed E-state index contributed by atoms with van der Waals surface area (Å²) in [6.07, 6.45) is 0. The number of hydrogen-bond donors (Lipinski definition) is 0. The lowest BCUT2D eigenvalue weighted by Gasteiger charge is -2.09. The van der Waals surface area contributed by atoms with E-state index in [9.17, 15) is 13.4 Å². The van der Waals surface area contributed by atoms with E-state index in [1.54, 1.807) is 6.92 Å². The van der Waals surface area contributed by atoms with Crippen LogP contribution in [0.15, 0.2) is 18.2 Å². The highest BCUT2D eigenvalue weighted by Crippen LogP contribution is 2.17. The van der Waals surface area contributed by atoms with Crippen LogP contribution in [0.3, 0.4) is 0 Å². The standard InChI is InChI=1S/C12H14ClFO3S/c1-8(12(15)17-2)6-18(16)7-9-5-10(13)3-4-11(9)14/h3-5,8H,6-7H2,1-2H3. The average Bonchev–Trinajstić information content (AvgIpc) is 2.32. The average molecular weight is 293 g/mol. The van der Waals surface area contributed by atoms with Gasteiger partial charge in [-0.2, -0.15) is 0 Å². The first-order chi connectivity index (χ1) is 8.43. The van der Waals surface area contributed by atoms with E-state index in [0.29, 0.717) is 5.02 Å². The minimum atomic E-state index is -1.34. The van der Waals surface area contributed by atoms with Crippen molar-refractivity contribution in [1.29, 1.82) is 0 Å². The van der Waals surface area contributed by atoms with Gasteiger partial charge in [0.05, 0.1) is 18.8 Å². The number of esters is 1. The molecule has 0 N–H and O–H groups in total. The van der Waals surface area contributed by atoms with E-state index in [-0.39, 0.29) is 17.1 Å². The number of carbonyl (C=O) groups is 1. The predicted molar refractivity (Wildman–Crippen MR) is 69.3 cm³/mol. The Morgan fingerprint density at radius 2 is 2.22 bits per heavy atom. The van der Waals surface area contributed by atoms with Gasteiger partial charge in [0.15, 0.2) is 0 Å². The maximum atomic E-state index is 13.4. The molecule has 1 rings (SSSR count). The second-order valence-electron chi connectivity index (χ2n) is 3.91. The summed E-state index contributed by atoms with van der Waals surface area (Å²) in [5.41, 5.74) is 0.290. The van der Waals surface area contributed by atoms with Gasteiger partial charge in [0.25, 0.3) is 0 Å². The van der Waals surface area contributed by atoms with E-state index in [1.165, 1.54) is 25.3 Å². The van der Waals surface area contributed by atoms with Crippen molar-refractivity contribution in [2.75, 3.05) is 12.9 Å². The lowest BCUT2D eigenvalue weighted by Crippen LogP contribution is -2.20. The first-order valence-corrected chi connectivity index (χ1v) is 7.17. The summed E-state index contributed by atoms with van der Waals surface area (Å²) < 4.78 is 29.7. The van der Waals surface area contributed by atoms with Gasteiger partial charge in [-0.3, -0.25) is 9.00 Å². The van der Waals surface area contributed by atoms with E-state index < -0.39 is 28.5 Å². The minimum absolute atomic E-state index is 0.0354. The molecule has 3 nitrogen and oxygen atoms in total. The second-order valence-corrected chi connectivity index (χ2v) is 5.85. The van der Waals surface area contributed by atoms with Crippen LogP contribution in [0.2, 0.25) is 5.02 Å². The van der Waals surface area contributed by atoms with Crippen LogP contribution >= 0.6 is 11.6 Å². The molecule has 0 saturated heterocycles. The van der Waals surface area contributed by atoms with Crippen LogP contribution in [0, 0.1) is 11.7 Å². The largest absolute Gasteiger partial charge is 0.469 e. The molecule has 6 heteroatoms. The Bertz CT molecular complexity index is 465. The molecule has 0 aromatic heterocycles. The molecule has 2 atom stereocenters. The fourth-order valence-electron chi connectivity index (χ4n) is 1.43. The van der Waals surface area contributed by atoms with Crippen LogP contribution in [0.1, 0.15) is 12.5 Å². The highest BCUT2D eigenvalue weighted by Gasteiger charge is 2.17. The SMILES string of the molecule is COC(=O)C(C)CS(=O)Cc1cc(Cl)ccc1F. The number of rotatable bonds is 5. The molecule has 0 bridgehead atoms. The molecule has 2 unspecified atom stereocenters. The Hall–Kier alpha value is -0.940. The monoisotopic (exact) mass is 292 g/mol. The maximum Gasteiger partial charge on any atom is 0.309 e. The Balaban J connectivity index is 2.65. The van der Waals surface area contributed by atoms with Gasteiger partial charge in [0.2, 0.25) is 0 Å². The van der Waals surface area contributed by atoms with Crippen molar-refractivity contribution < 1.29 is 18.1 Å². The van der Waals surface area contributed by atoms with E-state index in [2.05, 4.69) is 4.74 Å². The first-order valence-electron chi connectivity index (χ1n) is 5.30. The quantitative estimate of drug-likeness (QED) is 0.783. The number of benzene rings is 1. The van der Waals surface area contributed by atoms with Crippen LogP contribution in [0.4, 0.5) is 4.39 Å². The van der Waals surface area contributed by atoms with Gasteiger partial charge in [0.1, 0.15) is 5.82 Å². The molecule has 0 radical (unpaired) electrons. The number of carbonyl (C=O) groups excluding carboxylic acids is 1. The lowest BCUT2D eigenvalue weighted by atomic mass is 10.2. The molecule has 18 heavy (non-hydrogen) atoms. The second kappa shape index (κ2) is 6.85. The molecule has 0 fully saturated rings. The normalized spacial score (nSPS) is 14.0. The summed E-state index contributed by atoms with van der Waals surface area (Å²) in [5, 5.41) is 0.393. The summed E-state index contributed by atoms with van der Waals surface area (Å²) in [5.74, 6) is -1.17. The molecule has 0 aliphatic carbocycles. The van der Waals surface area contributed by atoms with Gasteiger partial charge >= 0.3 is 5.97 Å². The zero-order valence-electron chi connectivity index (χ0n) is 10.1.